The van der Waals surface area contributed by atoms with Crippen LogP contribution in [0.15, 0.2) is 60.7 Å². The first-order valence-corrected chi connectivity index (χ1v) is 14.6. The van der Waals surface area contributed by atoms with Gasteiger partial charge in [0.05, 0.1) is 21.3 Å². The molecule has 40 heavy (non-hydrogen) atoms. The summed E-state index contributed by atoms with van der Waals surface area (Å²) in [5, 5.41) is 9.70. The number of thiazole rings is 1. The molecule has 214 valence electrons. The Labute approximate surface area is 241 Å². The number of fused-ring (bicyclic) bond motifs is 1. The molecule has 9 heteroatoms. The lowest BCUT2D eigenvalue weighted by Crippen LogP contribution is -2.53. The summed E-state index contributed by atoms with van der Waals surface area (Å²) < 4.78 is 1.07. The minimum Gasteiger partial charge on any atom is -0.350 e. The number of aromatic nitrogens is 1. The number of amides is 3. The van der Waals surface area contributed by atoms with Gasteiger partial charge in [0.15, 0.2) is 0 Å². The fourth-order valence-electron chi connectivity index (χ4n) is 4.37. The topological polar surface area (TPSA) is 103 Å². The van der Waals surface area contributed by atoms with Crippen molar-refractivity contribution in [3.05, 3.63) is 76.8 Å². The van der Waals surface area contributed by atoms with Gasteiger partial charge in [-0.3, -0.25) is 14.4 Å². The number of carbonyl (C=O) groups excluding carboxylic acids is 3. The van der Waals surface area contributed by atoms with Crippen molar-refractivity contribution < 1.29 is 14.4 Å². The van der Waals surface area contributed by atoms with Crippen molar-refractivity contribution in [1.29, 1.82) is 0 Å². The van der Waals surface area contributed by atoms with E-state index in [0.29, 0.717) is 31.4 Å². The Morgan fingerprint density at radius 2 is 1.75 bits per heavy atom. The van der Waals surface area contributed by atoms with Crippen LogP contribution >= 0.6 is 11.3 Å². The second kappa shape index (κ2) is 15.3. The highest BCUT2D eigenvalue weighted by Crippen LogP contribution is 2.24. The first kappa shape index (κ1) is 31.0. The average Bonchev–Trinajstić information content (AvgIpc) is 3.33. The molecule has 0 fully saturated rings. The zero-order valence-corrected chi connectivity index (χ0v) is 24.8. The first-order chi connectivity index (χ1) is 19.2. The largest absolute Gasteiger partial charge is 0.350 e. The Hall–Kier alpha value is -3.56. The molecule has 2 aromatic carbocycles. The van der Waals surface area contributed by atoms with Crippen LogP contribution in [-0.4, -0.2) is 66.9 Å². The number of hydrogen-bond donors (Lipinski definition) is 3. The number of carbonyl (C=O) groups is 3. The van der Waals surface area contributed by atoms with Gasteiger partial charge in [-0.15, -0.1) is 11.3 Å². The van der Waals surface area contributed by atoms with Gasteiger partial charge in [-0.1, -0.05) is 56.8 Å². The number of aryl methyl sites for hydroxylation is 1. The van der Waals surface area contributed by atoms with Gasteiger partial charge < -0.3 is 20.9 Å². The number of rotatable bonds is 15. The van der Waals surface area contributed by atoms with Crippen LogP contribution in [-0.2, 0) is 33.6 Å². The Kier molecular flexibility index (Phi) is 11.8. The highest BCUT2D eigenvalue weighted by atomic mass is 32.1. The van der Waals surface area contributed by atoms with E-state index in [-0.39, 0.29) is 36.7 Å². The maximum atomic E-state index is 13.6. The summed E-state index contributed by atoms with van der Waals surface area (Å²) >= 11 is 1.54. The van der Waals surface area contributed by atoms with E-state index in [1.807, 2.05) is 62.3 Å². The van der Waals surface area contributed by atoms with E-state index >= 15 is 0 Å². The molecule has 1 heterocycles. The fraction of sp³-hybridized carbons (Fsp3) is 0.419. The van der Waals surface area contributed by atoms with Gasteiger partial charge in [0.25, 0.3) is 0 Å². The van der Waals surface area contributed by atoms with Crippen LogP contribution in [0.5, 0.6) is 0 Å². The summed E-state index contributed by atoms with van der Waals surface area (Å²) in [5.41, 5.74) is 3.59. The molecular formula is C31H41N5O3S. The Bertz CT molecular complexity index is 1300. The van der Waals surface area contributed by atoms with Crippen molar-refractivity contribution in [2.75, 3.05) is 27.2 Å². The van der Waals surface area contributed by atoms with Gasteiger partial charge in [-0.05, 0) is 56.6 Å². The maximum absolute atomic E-state index is 13.6. The third kappa shape index (κ3) is 9.57. The molecule has 1 aromatic heterocycles. The van der Waals surface area contributed by atoms with Crippen molar-refractivity contribution in [1.82, 2.24) is 25.8 Å². The molecule has 0 saturated heterocycles. The van der Waals surface area contributed by atoms with Crippen molar-refractivity contribution in [2.24, 2.45) is 0 Å². The van der Waals surface area contributed by atoms with E-state index in [2.05, 4.69) is 41.6 Å². The zero-order chi connectivity index (χ0) is 29.1. The summed E-state index contributed by atoms with van der Waals surface area (Å²) in [6.45, 7) is 8.58. The van der Waals surface area contributed by atoms with Crippen molar-refractivity contribution in [3.8, 4) is 0 Å². The van der Waals surface area contributed by atoms with Crippen molar-refractivity contribution in [3.63, 3.8) is 0 Å². The Morgan fingerprint density at radius 1 is 1.00 bits per heavy atom. The quantitative estimate of drug-likeness (QED) is 0.245. The van der Waals surface area contributed by atoms with E-state index < -0.39 is 6.04 Å². The summed E-state index contributed by atoms with van der Waals surface area (Å²) in [6, 6.07) is 14.8. The van der Waals surface area contributed by atoms with Crippen LogP contribution in [0.1, 0.15) is 42.8 Å². The summed E-state index contributed by atoms with van der Waals surface area (Å²) in [6.07, 6.45) is 2.75. The van der Waals surface area contributed by atoms with Crippen LogP contribution in [0.3, 0.4) is 0 Å². The Morgan fingerprint density at radius 3 is 2.42 bits per heavy atom. The highest BCUT2D eigenvalue weighted by molar-refractivity contribution is 7.18. The molecule has 0 radical (unpaired) electrons. The first-order valence-electron chi connectivity index (χ1n) is 13.8. The second-order valence-electron chi connectivity index (χ2n) is 10.3. The SMILES string of the molecule is C=C(CN(C)C)C(=O)NC[C@H](Cc1ccccc1)NC(=O)[C@H](Cc1nc2ccc(CC)cc2s1)NC(=O)CCC. The molecule has 0 spiro atoms. The van der Waals surface area contributed by atoms with E-state index in [9.17, 15) is 14.4 Å². The predicted octanol–water partition coefficient (Wildman–Crippen LogP) is 3.65. The van der Waals surface area contributed by atoms with E-state index in [1.54, 1.807) is 11.3 Å². The minimum absolute atomic E-state index is 0.176. The zero-order valence-electron chi connectivity index (χ0n) is 24.0. The molecule has 3 N–H and O–H groups in total. The van der Waals surface area contributed by atoms with Crippen LogP contribution < -0.4 is 16.0 Å². The lowest BCUT2D eigenvalue weighted by Gasteiger charge is -2.24. The molecule has 0 aliphatic rings. The molecule has 3 aromatic rings. The molecule has 0 saturated carbocycles. The normalized spacial score (nSPS) is 12.6. The van der Waals surface area contributed by atoms with Gasteiger partial charge in [-0.25, -0.2) is 4.98 Å². The lowest BCUT2D eigenvalue weighted by atomic mass is 10.0. The molecule has 0 aliphatic carbocycles. The minimum atomic E-state index is -0.789. The smallest absolute Gasteiger partial charge is 0.247 e. The van der Waals surface area contributed by atoms with E-state index in [0.717, 1.165) is 27.2 Å². The van der Waals surface area contributed by atoms with Gasteiger partial charge >= 0.3 is 0 Å². The van der Waals surface area contributed by atoms with E-state index in [4.69, 9.17) is 4.98 Å². The number of hydrogen-bond acceptors (Lipinski definition) is 6. The van der Waals surface area contributed by atoms with Crippen molar-refractivity contribution >= 4 is 39.3 Å². The molecule has 0 unspecified atom stereocenters. The van der Waals surface area contributed by atoms with E-state index in [1.165, 1.54) is 5.56 Å². The monoisotopic (exact) mass is 563 g/mol. The number of benzene rings is 2. The fourth-order valence-corrected chi connectivity index (χ4v) is 5.45. The molecule has 3 amide bonds. The van der Waals surface area contributed by atoms with Crippen LogP contribution in [0.25, 0.3) is 10.2 Å². The van der Waals surface area contributed by atoms with Crippen LogP contribution in [0.4, 0.5) is 0 Å². The molecule has 0 bridgehead atoms. The highest BCUT2D eigenvalue weighted by Gasteiger charge is 2.26. The molecule has 3 rings (SSSR count). The average molecular weight is 564 g/mol. The van der Waals surface area contributed by atoms with Crippen LogP contribution in [0.2, 0.25) is 0 Å². The summed E-state index contributed by atoms with van der Waals surface area (Å²) in [7, 11) is 3.75. The van der Waals surface area contributed by atoms with Crippen LogP contribution in [0, 0.1) is 0 Å². The predicted molar refractivity (Wildman–Crippen MR) is 162 cm³/mol. The number of nitrogens with one attached hydrogen (secondary N) is 3. The maximum Gasteiger partial charge on any atom is 0.247 e. The third-order valence-corrected chi connectivity index (χ3v) is 7.46. The van der Waals surface area contributed by atoms with Gasteiger partial charge in [0.1, 0.15) is 6.04 Å². The van der Waals surface area contributed by atoms with Crippen molar-refractivity contribution in [2.45, 2.75) is 58.0 Å². The Balaban J connectivity index is 1.78. The molecule has 8 nitrogen and oxygen atoms in total. The third-order valence-electron chi connectivity index (χ3n) is 6.42. The molecule has 0 aliphatic heterocycles. The molecular weight excluding hydrogens is 522 g/mol. The lowest BCUT2D eigenvalue weighted by molar-refractivity contribution is -0.129. The molecule has 2 atom stereocenters. The standard InChI is InChI=1S/C31H41N5O3S/c1-6-11-28(37)34-26(18-29-35-25-15-14-22(7-2)17-27(25)40-29)31(39)33-24(16-23-12-9-8-10-13-23)19-32-30(38)21(3)20-36(4)5/h8-10,12-15,17,24,26H,3,6-7,11,16,18-20H2,1-2,4-5H3,(H,32,38)(H,33,39)(H,34,37)/t24-,26-/m0/s1. The van der Waals surface area contributed by atoms with Gasteiger partial charge in [0.2, 0.25) is 17.7 Å². The summed E-state index contributed by atoms with van der Waals surface area (Å²) in [4.78, 5) is 45.5. The summed E-state index contributed by atoms with van der Waals surface area (Å²) in [5.74, 6) is -0.736. The van der Waals surface area contributed by atoms with Gasteiger partial charge in [-0.2, -0.15) is 0 Å². The van der Waals surface area contributed by atoms with Gasteiger partial charge in [0, 0.05) is 31.5 Å². The second-order valence-corrected chi connectivity index (χ2v) is 11.4. The number of nitrogens with zero attached hydrogens (tertiary/aromatic N) is 2. The number of likely N-dealkylation sites (N-methyl/N-ethyl adjacent to an activating group) is 1.